The Labute approximate surface area is 270 Å². The second-order valence-corrected chi connectivity index (χ2v) is 12.1. The quantitative estimate of drug-likeness (QED) is 0.134. The number of carboxylic acid groups (broad SMARTS) is 1. The molecule has 1 atom stereocenters. The van der Waals surface area contributed by atoms with E-state index < -0.39 is 23.4 Å². The maximum Gasteiger partial charge on any atom is 0.323 e. The van der Waals surface area contributed by atoms with Crippen LogP contribution in [0.15, 0.2) is 72.8 Å². The number of nitrogens with one attached hydrogen (secondary N) is 2. The molecule has 45 heavy (non-hydrogen) atoms. The molecule has 1 amide bonds. The third-order valence-electron chi connectivity index (χ3n) is 8.68. The molecular weight excluding hydrogens is 618 g/mol. The average Bonchev–Trinajstić information content (AvgIpc) is 3.43. The van der Waals surface area contributed by atoms with Crippen LogP contribution < -0.4 is 20.1 Å². The normalized spacial score (nSPS) is 16.4. The lowest BCUT2D eigenvalue weighted by atomic mass is 9.76. The van der Waals surface area contributed by atoms with Crippen LogP contribution in [0.3, 0.4) is 0 Å². The molecule has 3 N–H and O–H groups in total. The van der Waals surface area contributed by atoms with Crippen molar-refractivity contribution in [2.24, 2.45) is 0 Å². The van der Waals surface area contributed by atoms with Gasteiger partial charge in [-0.3, -0.25) is 14.9 Å². The third-order valence-corrected chi connectivity index (χ3v) is 9.44. The first kappa shape index (κ1) is 30.9. The Kier molecular flexibility index (Phi) is 8.99. The summed E-state index contributed by atoms with van der Waals surface area (Å²) in [7, 11) is 0. The predicted octanol–water partition coefficient (Wildman–Crippen LogP) is 8.11. The molecule has 232 valence electrons. The number of anilines is 1. The van der Waals surface area contributed by atoms with Crippen molar-refractivity contribution in [1.82, 2.24) is 5.32 Å². The summed E-state index contributed by atoms with van der Waals surface area (Å²) in [5, 5.41) is 15.7. The van der Waals surface area contributed by atoms with Crippen LogP contribution >= 0.6 is 23.2 Å². The zero-order valence-corrected chi connectivity index (χ0v) is 25.8. The molecular formula is C35H31Cl2FN2O5. The number of fused-ring (bicyclic) bond motifs is 1. The first-order chi connectivity index (χ1) is 21.8. The summed E-state index contributed by atoms with van der Waals surface area (Å²) in [6, 6.07) is 22.4. The fourth-order valence-corrected chi connectivity index (χ4v) is 6.54. The van der Waals surface area contributed by atoms with Crippen molar-refractivity contribution in [2.75, 3.05) is 5.32 Å². The summed E-state index contributed by atoms with van der Waals surface area (Å²) in [5.41, 5.74) is 4.13. The number of ether oxygens (including phenoxy) is 2. The van der Waals surface area contributed by atoms with Crippen LogP contribution in [0.25, 0.3) is 11.1 Å². The lowest BCUT2D eigenvalue weighted by Gasteiger charge is -2.38. The molecule has 1 unspecified atom stereocenters. The van der Waals surface area contributed by atoms with E-state index >= 15 is 4.39 Å². The molecule has 0 saturated heterocycles. The molecule has 1 fully saturated rings. The zero-order chi connectivity index (χ0) is 31.6. The zero-order valence-electron chi connectivity index (χ0n) is 24.2. The highest BCUT2D eigenvalue weighted by molar-refractivity contribution is 6.36. The number of aliphatic carboxylic acids is 1. The minimum absolute atomic E-state index is 0.0728. The number of carbonyl (C=O) groups excluding carboxylic acids is 1. The van der Waals surface area contributed by atoms with Gasteiger partial charge in [0.25, 0.3) is 0 Å². The molecule has 7 nitrogen and oxygen atoms in total. The second kappa shape index (κ2) is 13.1. The lowest BCUT2D eigenvalue weighted by molar-refractivity contribution is -0.148. The van der Waals surface area contributed by atoms with Crippen LogP contribution in [0.1, 0.15) is 54.0 Å². The summed E-state index contributed by atoms with van der Waals surface area (Å²) in [4.78, 5) is 23.0. The Morgan fingerprint density at radius 2 is 1.76 bits per heavy atom. The molecule has 0 aromatic heterocycles. The highest BCUT2D eigenvalue weighted by Crippen LogP contribution is 2.46. The van der Waals surface area contributed by atoms with E-state index in [1.54, 1.807) is 12.1 Å². The Bertz CT molecular complexity index is 1750. The maximum atomic E-state index is 16.0. The molecule has 0 heterocycles. The number of hydrogen-bond donors (Lipinski definition) is 3. The van der Waals surface area contributed by atoms with Gasteiger partial charge in [0.05, 0.1) is 10.7 Å². The molecule has 0 aliphatic heterocycles. The van der Waals surface area contributed by atoms with Crippen molar-refractivity contribution >= 4 is 41.3 Å². The lowest BCUT2D eigenvalue weighted by Crippen LogP contribution is -2.56. The highest BCUT2D eigenvalue weighted by atomic mass is 35.5. The summed E-state index contributed by atoms with van der Waals surface area (Å²) in [6.07, 6.45) is 3.20. The van der Waals surface area contributed by atoms with Crippen molar-refractivity contribution < 1.29 is 28.6 Å². The van der Waals surface area contributed by atoms with Gasteiger partial charge in [0.15, 0.2) is 5.82 Å². The topological polar surface area (TPSA) is 96.9 Å². The third kappa shape index (κ3) is 6.10. The number of amides is 1. The standard InChI is InChI=1S/C35H31Cl2FN2O5/c36-31-25(11-5-12-27(31)39-20-41)22-9-4-10-24-23(22)13-14-28(24)45-30-17-29(44-19-21-7-2-1-3-8-21)26(33(38)32(30)37)18-40-35(34(42)43)15-6-16-35/h1-5,7-12,17,20,28,40H,6,13-16,18-19H2,(H,39,41)(H,42,43). The Balaban J connectivity index is 1.31. The summed E-state index contributed by atoms with van der Waals surface area (Å²) in [5.74, 6) is -1.32. The Morgan fingerprint density at radius 3 is 2.47 bits per heavy atom. The van der Waals surface area contributed by atoms with Gasteiger partial charge in [-0.2, -0.15) is 0 Å². The van der Waals surface area contributed by atoms with Gasteiger partial charge in [-0.15, -0.1) is 0 Å². The first-order valence-electron chi connectivity index (χ1n) is 14.7. The molecule has 6 rings (SSSR count). The predicted molar refractivity (Wildman–Crippen MR) is 172 cm³/mol. The van der Waals surface area contributed by atoms with Crippen LogP contribution in [-0.2, 0) is 29.2 Å². The molecule has 0 radical (unpaired) electrons. The van der Waals surface area contributed by atoms with E-state index in [1.807, 2.05) is 60.7 Å². The number of carbonyl (C=O) groups is 2. The van der Waals surface area contributed by atoms with E-state index in [-0.39, 0.29) is 35.2 Å². The number of hydrogen-bond acceptors (Lipinski definition) is 5. The van der Waals surface area contributed by atoms with E-state index in [2.05, 4.69) is 10.6 Å². The molecule has 2 aliphatic carbocycles. The summed E-state index contributed by atoms with van der Waals surface area (Å²) < 4.78 is 28.5. The van der Waals surface area contributed by atoms with Gasteiger partial charge in [-0.25, -0.2) is 4.39 Å². The minimum Gasteiger partial charge on any atom is -0.488 e. The molecule has 4 aromatic carbocycles. The van der Waals surface area contributed by atoms with E-state index in [4.69, 9.17) is 32.7 Å². The van der Waals surface area contributed by atoms with Gasteiger partial charge in [0, 0.05) is 23.7 Å². The van der Waals surface area contributed by atoms with Crippen LogP contribution in [0.2, 0.25) is 10.0 Å². The minimum atomic E-state index is -1.10. The van der Waals surface area contributed by atoms with E-state index in [0.717, 1.165) is 34.2 Å². The number of rotatable bonds is 12. The molecule has 0 bridgehead atoms. The molecule has 2 aliphatic rings. The van der Waals surface area contributed by atoms with Crippen molar-refractivity contribution in [3.05, 3.63) is 111 Å². The number of benzene rings is 4. The van der Waals surface area contributed by atoms with Crippen LogP contribution in [0, 0.1) is 5.82 Å². The number of halogens is 3. The van der Waals surface area contributed by atoms with Crippen molar-refractivity contribution in [2.45, 2.75) is 56.9 Å². The fourth-order valence-electron chi connectivity index (χ4n) is 6.05. The maximum absolute atomic E-state index is 16.0. The highest BCUT2D eigenvalue weighted by Gasteiger charge is 2.44. The molecule has 0 spiro atoms. The van der Waals surface area contributed by atoms with Crippen molar-refractivity contribution in [3.63, 3.8) is 0 Å². The van der Waals surface area contributed by atoms with Gasteiger partial charge in [0.2, 0.25) is 6.41 Å². The van der Waals surface area contributed by atoms with E-state index in [9.17, 15) is 14.7 Å². The smallest absolute Gasteiger partial charge is 0.323 e. The van der Waals surface area contributed by atoms with E-state index in [0.29, 0.717) is 42.8 Å². The van der Waals surface area contributed by atoms with Gasteiger partial charge in [-0.1, -0.05) is 83.9 Å². The van der Waals surface area contributed by atoms with Crippen molar-refractivity contribution in [1.29, 1.82) is 0 Å². The number of carboxylic acids is 1. The Hall–Kier alpha value is -4.11. The van der Waals surface area contributed by atoms with Crippen LogP contribution in [0.5, 0.6) is 11.5 Å². The SMILES string of the molecule is O=CNc1cccc(-c2cccc3c2CCC3Oc2cc(OCc3ccccc3)c(CNC3(C(=O)O)CCC3)c(F)c2Cl)c1Cl. The Morgan fingerprint density at radius 1 is 1.00 bits per heavy atom. The average molecular weight is 650 g/mol. The van der Waals surface area contributed by atoms with Gasteiger partial charge >= 0.3 is 5.97 Å². The summed E-state index contributed by atoms with van der Waals surface area (Å²) in [6.45, 7) is 0.101. The van der Waals surface area contributed by atoms with Crippen LogP contribution in [-0.4, -0.2) is 23.0 Å². The van der Waals surface area contributed by atoms with E-state index in [1.165, 1.54) is 0 Å². The first-order valence-corrected chi connectivity index (χ1v) is 15.5. The van der Waals surface area contributed by atoms with Crippen molar-refractivity contribution in [3.8, 4) is 22.6 Å². The van der Waals surface area contributed by atoms with Crippen LogP contribution in [0.4, 0.5) is 10.1 Å². The summed E-state index contributed by atoms with van der Waals surface area (Å²) >= 11 is 13.3. The largest absolute Gasteiger partial charge is 0.488 e. The van der Waals surface area contributed by atoms with Gasteiger partial charge in [0.1, 0.15) is 34.8 Å². The van der Waals surface area contributed by atoms with Gasteiger partial charge < -0.3 is 19.9 Å². The second-order valence-electron chi connectivity index (χ2n) is 11.3. The molecule has 4 aromatic rings. The fraction of sp³-hybridized carbons (Fsp3) is 0.257. The monoisotopic (exact) mass is 648 g/mol. The van der Waals surface area contributed by atoms with Gasteiger partial charge in [-0.05, 0) is 60.4 Å². The molecule has 10 heteroatoms. The molecule has 1 saturated carbocycles.